The third-order valence-electron chi connectivity index (χ3n) is 4.49. The summed E-state index contributed by atoms with van der Waals surface area (Å²) in [6.07, 6.45) is 3.04. The van der Waals surface area contributed by atoms with Gasteiger partial charge in [0.2, 0.25) is 0 Å². The van der Waals surface area contributed by atoms with Gasteiger partial charge in [0.05, 0.1) is 0 Å². The van der Waals surface area contributed by atoms with Crippen LogP contribution in [0.2, 0.25) is 0 Å². The molecule has 28 heavy (non-hydrogen) atoms. The Balaban J connectivity index is 0.000000283. The van der Waals surface area contributed by atoms with E-state index in [0.29, 0.717) is 0 Å². The fourth-order valence-electron chi connectivity index (χ4n) is 3.44. The van der Waals surface area contributed by atoms with Crippen LogP contribution >= 0.6 is 15.9 Å². The molecule has 0 atom stereocenters. The summed E-state index contributed by atoms with van der Waals surface area (Å²) in [5.41, 5.74) is 2.42. The molecule has 1 nitrogen and oxygen atoms in total. The van der Waals surface area contributed by atoms with Crippen molar-refractivity contribution < 1.29 is 0 Å². The van der Waals surface area contributed by atoms with Gasteiger partial charge in [0.25, 0.3) is 0 Å². The van der Waals surface area contributed by atoms with E-state index in [-0.39, 0.29) is 0 Å². The van der Waals surface area contributed by atoms with Crippen molar-refractivity contribution in [1.29, 1.82) is 0 Å². The van der Waals surface area contributed by atoms with Crippen molar-refractivity contribution in [2.45, 2.75) is 20.3 Å². The highest BCUT2D eigenvalue weighted by molar-refractivity contribution is 9.09. The lowest BCUT2D eigenvalue weighted by Gasteiger charge is -2.02. The van der Waals surface area contributed by atoms with Crippen LogP contribution in [-0.2, 0) is 0 Å². The predicted octanol–water partition coefficient (Wildman–Crippen LogP) is 8.61. The van der Waals surface area contributed by atoms with Gasteiger partial charge in [-0.2, -0.15) is 0 Å². The molecule has 0 saturated heterocycles. The third-order valence-corrected chi connectivity index (χ3v) is 4.94. The van der Waals surface area contributed by atoms with Crippen LogP contribution in [0.25, 0.3) is 43.4 Å². The second kappa shape index (κ2) is 9.57. The highest BCUT2D eigenvalue weighted by Crippen LogP contribution is 2.36. The Hall–Kier alpha value is -2.58. The van der Waals surface area contributed by atoms with Crippen molar-refractivity contribution in [3.8, 4) is 0 Å². The molecule has 0 saturated carbocycles. The van der Waals surface area contributed by atoms with Crippen LogP contribution in [0, 0.1) is 0 Å². The summed E-state index contributed by atoms with van der Waals surface area (Å²) in [7, 11) is 0. The first-order valence-electron chi connectivity index (χ1n) is 9.72. The number of benzene rings is 4. The van der Waals surface area contributed by atoms with Gasteiger partial charge < -0.3 is 4.98 Å². The van der Waals surface area contributed by atoms with Gasteiger partial charge >= 0.3 is 0 Å². The van der Waals surface area contributed by atoms with Gasteiger partial charge in [0.1, 0.15) is 0 Å². The molecule has 4 aromatic carbocycles. The van der Waals surface area contributed by atoms with E-state index in [2.05, 4.69) is 114 Å². The molecule has 1 heterocycles. The van der Waals surface area contributed by atoms with E-state index >= 15 is 0 Å². The number of nitrogens with one attached hydrogen (secondary N) is 1. The molecule has 0 bridgehead atoms. The number of halogens is 1. The van der Waals surface area contributed by atoms with Gasteiger partial charge in [-0.1, -0.05) is 103 Å². The first-order chi connectivity index (χ1) is 13.7. The van der Waals surface area contributed by atoms with Crippen molar-refractivity contribution in [3.63, 3.8) is 0 Å². The molecule has 0 spiro atoms. The molecule has 0 aliphatic carbocycles. The van der Waals surface area contributed by atoms with Gasteiger partial charge in [0.15, 0.2) is 0 Å². The van der Waals surface area contributed by atoms with E-state index in [1.807, 2.05) is 0 Å². The normalized spacial score (nSPS) is 10.4. The van der Waals surface area contributed by atoms with E-state index in [1.54, 1.807) is 6.08 Å². The molecule has 0 unspecified atom stereocenters. The third kappa shape index (κ3) is 3.98. The number of aromatic nitrogens is 1. The summed E-state index contributed by atoms with van der Waals surface area (Å²) in [5.74, 6) is 0. The van der Waals surface area contributed by atoms with Crippen LogP contribution in [0.4, 0.5) is 0 Å². The Labute approximate surface area is 175 Å². The lowest BCUT2D eigenvalue weighted by atomic mass is 10.00. The van der Waals surface area contributed by atoms with E-state index in [1.165, 1.54) is 49.8 Å². The van der Waals surface area contributed by atoms with Crippen LogP contribution in [0.15, 0.2) is 85.5 Å². The fraction of sp³-hybridized carbons (Fsp3) is 0.154. The molecule has 0 amide bonds. The molecule has 0 fully saturated rings. The van der Waals surface area contributed by atoms with Crippen molar-refractivity contribution in [2.24, 2.45) is 0 Å². The molecule has 5 rings (SSSR count). The highest BCUT2D eigenvalue weighted by atomic mass is 79.9. The van der Waals surface area contributed by atoms with Crippen LogP contribution in [-0.4, -0.2) is 10.3 Å². The maximum Gasteiger partial charge on any atom is 0.0471 e. The average Bonchev–Trinajstić information content (AvgIpc) is 3.14. The number of H-pyrrole nitrogens is 1. The topological polar surface area (TPSA) is 15.8 Å². The van der Waals surface area contributed by atoms with E-state index < -0.39 is 0 Å². The first-order valence-corrected chi connectivity index (χ1v) is 10.8. The van der Waals surface area contributed by atoms with E-state index in [0.717, 1.165) is 5.33 Å². The number of rotatable bonds is 1. The zero-order valence-corrected chi connectivity index (χ0v) is 18.1. The van der Waals surface area contributed by atoms with Gasteiger partial charge in [-0.25, -0.2) is 0 Å². The Kier molecular flexibility index (Phi) is 6.89. The highest BCUT2D eigenvalue weighted by Gasteiger charge is 2.10. The Morgan fingerprint density at radius 1 is 0.750 bits per heavy atom. The minimum absolute atomic E-state index is 0.896. The lowest BCUT2D eigenvalue weighted by molar-refractivity contribution is 1.09. The van der Waals surface area contributed by atoms with Gasteiger partial charge in [-0.3, -0.25) is 0 Å². The number of fused-ring (bicyclic) bond motifs is 7. The SMILES string of the molecule is C=CCBr.CCC.c1ccc2c(c1)ccc1[nH]c3ccc4ccccc4c3c12. The van der Waals surface area contributed by atoms with Crippen LogP contribution in [0.5, 0.6) is 0 Å². The Bertz CT molecular complexity index is 1130. The number of hydrogen-bond acceptors (Lipinski definition) is 0. The second-order valence-corrected chi connectivity index (χ2v) is 7.34. The summed E-state index contributed by atoms with van der Waals surface area (Å²) in [5, 5.41) is 8.78. The van der Waals surface area contributed by atoms with Crippen LogP contribution < -0.4 is 0 Å². The standard InChI is InChI=1S/C20H13N.C3H5Br.C3H8/c1-3-7-15-13(5-1)9-11-17-19(15)20-16-8-4-2-6-14(16)10-12-18(20)21-17;1-2-3-4;1-3-2/h1-12,21H;2H,1,3H2;3H2,1-2H3. The summed E-state index contributed by atoms with van der Waals surface area (Å²) >= 11 is 3.13. The van der Waals surface area contributed by atoms with Crippen LogP contribution in [0.3, 0.4) is 0 Å². The Morgan fingerprint density at radius 3 is 1.54 bits per heavy atom. The van der Waals surface area contributed by atoms with Crippen molar-refractivity contribution in [3.05, 3.63) is 85.5 Å². The molecule has 1 aromatic heterocycles. The predicted molar refractivity (Wildman–Crippen MR) is 131 cm³/mol. The molecule has 0 aliphatic heterocycles. The van der Waals surface area contributed by atoms with E-state index in [9.17, 15) is 0 Å². The number of allylic oxidation sites excluding steroid dienone is 1. The average molecular weight is 432 g/mol. The molecule has 142 valence electrons. The summed E-state index contributed by atoms with van der Waals surface area (Å²) < 4.78 is 0. The summed E-state index contributed by atoms with van der Waals surface area (Å²) in [4.78, 5) is 3.56. The Morgan fingerprint density at radius 2 is 1.14 bits per heavy atom. The minimum atomic E-state index is 0.896. The van der Waals surface area contributed by atoms with Crippen molar-refractivity contribution in [2.75, 3.05) is 5.33 Å². The van der Waals surface area contributed by atoms with E-state index in [4.69, 9.17) is 0 Å². The summed E-state index contributed by atoms with van der Waals surface area (Å²) in [6, 6.07) is 26.0. The number of alkyl halides is 1. The van der Waals surface area contributed by atoms with Crippen molar-refractivity contribution in [1.82, 2.24) is 4.98 Å². The molecule has 0 aliphatic rings. The summed E-state index contributed by atoms with van der Waals surface area (Å²) in [6.45, 7) is 7.68. The van der Waals surface area contributed by atoms with Crippen molar-refractivity contribution >= 4 is 59.3 Å². The van der Waals surface area contributed by atoms with Gasteiger partial charge in [-0.15, -0.1) is 6.58 Å². The smallest absolute Gasteiger partial charge is 0.0471 e. The maximum absolute atomic E-state index is 3.56. The quantitative estimate of drug-likeness (QED) is 0.202. The van der Waals surface area contributed by atoms with Gasteiger partial charge in [-0.05, 0) is 33.7 Å². The maximum atomic E-state index is 3.56. The minimum Gasteiger partial charge on any atom is -0.354 e. The first kappa shape index (κ1) is 20.2. The number of aromatic amines is 1. The molecule has 0 radical (unpaired) electrons. The monoisotopic (exact) mass is 431 g/mol. The molecular formula is C26H26BrN. The van der Waals surface area contributed by atoms with Crippen LogP contribution in [0.1, 0.15) is 20.3 Å². The molecular weight excluding hydrogens is 406 g/mol. The lowest BCUT2D eigenvalue weighted by Crippen LogP contribution is -1.76. The second-order valence-electron chi connectivity index (χ2n) is 6.69. The number of hydrogen-bond donors (Lipinski definition) is 1. The molecule has 1 N–H and O–H groups in total. The molecule has 5 aromatic rings. The zero-order valence-electron chi connectivity index (χ0n) is 16.5. The molecule has 2 heteroatoms. The fourth-order valence-corrected chi connectivity index (χ4v) is 3.44. The van der Waals surface area contributed by atoms with Gasteiger partial charge in [0, 0.05) is 27.1 Å². The largest absolute Gasteiger partial charge is 0.354 e. The zero-order chi connectivity index (χ0) is 19.9.